The van der Waals surface area contributed by atoms with E-state index in [4.69, 9.17) is 27.9 Å². The molecule has 0 fully saturated rings. The molecular weight excluding hydrogens is 427 g/mol. The number of carbonyl (C=O) groups excluding carboxylic acids is 2. The average Bonchev–Trinajstić information content (AvgIpc) is 2.75. The van der Waals surface area contributed by atoms with Gasteiger partial charge in [0.15, 0.2) is 5.15 Å². The molecule has 0 aliphatic rings. The first-order valence-corrected chi connectivity index (χ1v) is 9.76. The Labute approximate surface area is 183 Å². The van der Waals surface area contributed by atoms with Gasteiger partial charge in [-0.15, -0.1) is 0 Å². The van der Waals surface area contributed by atoms with Crippen LogP contribution in [0.25, 0.3) is 0 Å². The van der Waals surface area contributed by atoms with Gasteiger partial charge in [0.2, 0.25) is 5.91 Å². The molecule has 0 aliphatic carbocycles. The fourth-order valence-electron chi connectivity index (χ4n) is 2.57. The highest BCUT2D eigenvalue weighted by atomic mass is 35.5. The maximum Gasteiger partial charge on any atom is 0.269 e. The first-order chi connectivity index (χ1) is 14.4. The van der Waals surface area contributed by atoms with E-state index in [2.05, 4.69) is 20.6 Å². The van der Waals surface area contributed by atoms with Crippen molar-refractivity contribution in [3.05, 3.63) is 76.3 Å². The molecule has 2 aromatic heterocycles. The predicted octanol–water partition coefficient (Wildman–Crippen LogP) is 4.51. The van der Waals surface area contributed by atoms with E-state index in [-0.39, 0.29) is 29.1 Å². The number of nitrogens with zero attached hydrogens (tertiary/aromatic N) is 2. The third-order valence-corrected chi connectivity index (χ3v) is 4.58. The topological polar surface area (TPSA) is 93.2 Å². The van der Waals surface area contributed by atoms with Crippen LogP contribution in [0, 0.1) is 0 Å². The second-order valence-corrected chi connectivity index (χ2v) is 7.04. The Morgan fingerprint density at radius 2 is 1.80 bits per heavy atom. The largest absolute Gasteiger partial charge is 0.457 e. The lowest BCUT2D eigenvalue weighted by Gasteiger charge is -2.09. The summed E-state index contributed by atoms with van der Waals surface area (Å²) in [6, 6.07) is 12.1. The highest BCUT2D eigenvalue weighted by molar-refractivity contribution is 6.34. The van der Waals surface area contributed by atoms with Crippen LogP contribution in [0.2, 0.25) is 10.2 Å². The Kier molecular flexibility index (Phi) is 7.21. The van der Waals surface area contributed by atoms with E-state index >= 15 is 0 Å². The van der Waals surface area contributed by atoms with Gasteiger partial charge in [-0.1, -0.05) is 35.3 Å². The molecule has 154 valence electrons. The number of nitrogens with one attached hydrogen (secondary N) is 2. The average molecular weight is 445 g/mol. The minimum atomic E-state index is -0.288. The van der Waals surface area contributed by atoms with Crippen molar-refractivity contribution in [1.29, 1.82) is 0 Å². The number of pyridine rings is 2. The fraction of sp³-hybridized carbons (Fsp3) is 0.143. The second-order valence-electron chi connectivity index (χ2n) is 6.24. The highest BCUT2D eigenvalue weighted by Crippen LogP contribution is 2.24. The van der Waals surface area contributed by atoms with Gasteiger partial charge in [-0.3, -0.25) is 14.6 Å². The number of rotatable bonds is 7. The van der Waals surface area contributed by atoms with Crippen LogP contribution in [0.4, 0.5) is 5.69 Å². The highest BCUT2D eigenvalue weighted by Gasteiger charge is 2.09. The molecule has 9 heteroatoms. The first kappa shape index (κ1) is 21.5. The van der Waals surface area contributed by atoms with Gasteiger partial charge in [0.05, 0.1) is 10.7 Å². The number of hydrogen-bond acceptors (Lipinski definition) is 5. The monoisotopic (exact) mass is 444 g/mol. The summed E-state index contributed by atoms with van der Waals surface area (Å²) in [5.41, 5.74) is 1.62. The standard InChI is InChI=1S/C21H18Cl2N4O3/c1-24-21(29)18-11-16(8-9-25-18)30-15-5-2-13(3-6-15)4-7-19(28)27-17-10-14(22)12-26-20(17)23/h2-3,5-6,8-12H,4,7H2,1H3,(H,24,29)(H,27,28). The number of benzene rings is 1. The second kappa shape index (κ2) is 10.0. The van der Waals surface area contributed by atoms with E-state index in [0.717, 1.165) is 5.56 Å². The number of ether oxygens (including phenoxy) is 1. The minimum Gasteiger partial charge on any atom is -0.457 e. The molecule has 2 N–H and O–H groups in total. The van der Waals surface area contributed by atoms with Crippen molar-refractivity contribution in [3.63, 3.8) is 0 Å². The van der Waals surface area contributed by atoms with Crippen molar-refractivity contribution < 1.29 is 14.3 Å². The Balaban J connectivity index is 1.55. The molecule has 0 saturated heterocycles. The Bertz CT molecular complexity index is 1060. The fourth-order valence-corrected chi connectivity index (χ4v) is 2.88. The zero-order valence-corrected chi connectivity index (χ0v) is 17.5. The molecule has 0 saturated carbocycles. The lowest BCUT2D eigenvalue weighted by molar-refractivity contribution is -0.116. The van der Waals surface area contributed by atoms with Crippen LogP contribution in [0.1, 0.15) is 22.5 Å². The van der Waals surface area contributed by atoms with Crippen molar-refractivity contribution in [2.24, 2.45) is 0 Å². The van der Waals surface area contributed by atoms with Crippen LogP contribution in [0.5, 0.6) is 11.5 Å². The number of aryl methyl sites for hydroxylation is 1. The van der Waals surface area contributed by atoms with E-state index in [0.29, 0.717) is 28.6 Å². The molecule has 30 heavy (non-hydrogen) atoms. The van der Waals surface area contributed by atoms with Crippen molar-refractivity contribution in [2.45, 2.75) is 12.8 Å². The number of amides is 2. The quantitative estimate of drug-likeness (QED) is 0.522. The summed E-state index contributed by atoms with van der Waals surface area (Å²) < 4.78 is 5.76. The van der Waals surface area contributed by atoms with Gasteiger partial charge in [0.1, 0.15) is 17.2 Å². The van der Waals surface area contributed by atoms with Crippen LogP contribution in [-0.4, -0.2) is 28.8 Å². The molecule has 0 radical (unpaired) electrons. The summed E-state index contributed by atoms with van der Waals surface area (Å²) in [5.74, 6) is 0.625. The molecule has 0 atom stereocenters. The van der Waals surface area contributed by atoms with Crippen molar-refractivity contribution in [2.75, 3.05) is 12.4 Å². The Morgan fingerprint density at radius 1 is 1.03 bits per heavy atom. The van der Waals surface area contributed by atoms with Gasteiger partial charge in [-0.05, 0) is 36.2 Å². The molecule has 2 amide bonds. The maximum absolute atomic E-state index is 12.2. The smallest absolute Gasteiger partial charge is 0.269 e. The number of hydrogen-bond donors (Lipinski definition) is 2. The SMILES string of the molecule is CNC(=O)c1cc(Oc2ccc(CCC(=O)Nc3cc(Cl)cnc3Cl)cc2)ccn1. The van der Waals surface area contributed by atoms with Gasteiger partial charge >= 0.3 is 0 Å². The van der Waals surface area contributed by atoms with Gasteiger partial charge in [0.25, 0.3) is 5.91 Å². The van der Waals surface area contributed by atoms with Gasteiger partial charge in [-0.25, -0.2) is 4.98 Å². The molecule has 1 aromatic carbocycles. The van der Waals surface area contributed by atoms with Gasteiger partial charge in [-0.2, -0.15) is 0 Å². The Morgan fingerprint density at radius 3 is 2.53 bits per heavy atom. The summed E-state index contributed by atoms with van der Waals surface area (Å²) in [4.78, 5) is 31.7. The summed E-state index contributed by atoms with van der Waals surface area (Å²) >= 11 is 11.8. The van der Waals surface area contributed by atoms with Crippen molar-refractivity contribution in [3.8, 4) is 11.5 Å². The van der Waals surface area contributed by atoms with E-state index < -0.39 is 0 Å². The van der Waals surface area contributed by atoms with Crippen LogP contribution >= 0.6 is 23.2 Å². The third-order valence-electron chi connectivity index (χ3n) is 4.07. The molecular formula is C21H18Cl2N4O3. The molecule has 0 aliphatic heterocycles. The first-order valence-electron chi connectivity index (χ1n) is 9.00. The zero-order chi connectivity index (χ0) is 21.5. The Hall–Kier alpha value is -3.16. The predicted molar refractivity (Wildman–Crippen MR) is 115 cm³/mol. The molecule has 3 rings (SSSR count). The lowest BCUT2D eigenvalue weighted by atomic mass is 10.1. The molecule has 2 heterocycles. The van der Waals surface area contributed by atoms with Gasteiger partial charge in [0, 0.05) is 31.9 Å². The maximum atomic E-state index is 12.2. The third kappa shape index (κ3) is 5.92. The molecule has 0 unspecified atom stereocenters. The van der Waals surface area contributed by atoms with E-state index in [1.165, 1.54) is 19.4 Å². The van der Waals surface area contributed by atoms with E-state index in [1.54, 1.807) is 30.3 Å². The van der Waals surface area contributed by atoms with Crippen LogP contribution < -0.4 is 15.4 Å². The number of aromatic nitrogens is 2. The number of carbonyl (C=O) groups is 2. The molecule has 0 bridgehead atoms. The van der Waals surface area contributed by atoms with Crippen LogP contribution in [0.15, 0.2) is 54.9 Å². The minimum absolute atomic E-state index is 0.185. The summed E-state index contributed by atoms with van der Waals surface area (Å²) in [6.07, 6.45) is 3.72. The summed E-state index contributed by atoms with van der Waals surface area (Å²) in [7, 11) is 1.54. The summed E-state index contributed by atoms with van der Waals surface area (Å²) in [6.45, 7) is 0. The molecule has 7 nitrogen and oxygen atoms in total. The van der Waals surface area contributed by atoms with Crippen molar-refractivity contribution >= 4 is 40.7 Å². The van der Waals surface area contributed by atoms with E-state index in [1.807, 2.05) is 12.1 Å². The van der Waals surface area contributed by atoms with Crippen LogP contribution in [0.3, 0.4) is 0 Å². The number of halogens is 2. The van der Waals surface area contributed by atoms with Crippen LogP contribution in [-0.2, 0) is 11.2 Å². The van der Waals surface area contributed by atoms with Crippen molar-refractivity contribution in [1.82, 2.24) is 15.3 Å². The lowest BCUT2D eigenvalue weighted by Crippen LogP contribution is -2.18. The number of anilines is 1. The van der Waals surface area contributed by atoms with E-state index in [9.17, 15) is 9.59 Å². The normalized spacial score (nSPS) is 10.4. The zero-order valence-electron chi connectivity index (χ0n) is 16.0. The molecule has 3 aromatic rings. The van der Waals surface area contributed by atoms with Gasteiger partial charge < -0.3 is 15.4 Å². The summed E-state index contributed by atoms with van der Waals surface area (Å²) in [5, 5.41) is 5.80. The molecule has 0 spiro atoms.